The summed E-state index contributed by atoms with van der Waals surface area (Å²) >= 11 is 17.2. The van der Waals surface area contributed by atoms with Gasteiger partial charge in [-0.05, 0) is 24.1 Å². The van der Waals surface area contributed by atoms with E-state index in [1.807, 2.05) is 6.92 Å². The quantitative estimate of drug-likeness (QED) is 0.829. The first-order valence-corrected chi connectivity index (χ1v) is 6.19. The summed E-state index contributed by atoms with van der Waals surface area (Å²) in [5.74, 6) is 0.597. The Bertz CT molecular complexity index is 342. The topological polar surface area (TPSA) is 29.5 Å². The Kier molecular flexibility index (Phi) is 5.70. The normalized spacial score (nSPS) is 12.9. The van der Waals surface area contributed by atoms with Crippen molar-refractivity contribution in [3.63, 3.8) is 0 Å². The van der Waals surface area contributed by atoms with Crippen LogP contribution in [0.25, 0.3) is 0 Å². The van der Waals surface area contributed by atoms with Gasteiger partial charge in [0.1, 0.15) is 16.7 Å². The Balaban J connectivity index is 2.82. The van der Waals surface area contributed by atoms with Crippen LogP contribution in [0.15, 0.2) is 18.2 Å². The summed E-state index contributed by atoms with van der Waals surface area (Å²) in [6.45, 7) is 2.62. The van der Waals surface area contributed by atoms with Gasteiger partial charge in [0.25, 0.3) is 0 Å². The lowest BCUT2D eigenvalue weighted by Crippen LogP contribution is -2.06. The van der Waals surface area contributed by atoms with Crippen LogP contribution >= 0.6 is 34.8 Å². The lowest BCUT2D eigenvalue weighted by atomic mass is 10.1. The van der Waals surface area contributed by atoms with Crippen molar-refractivity contribution < 1.29 is 9.84 Å². The van der Waals surface area contributed by atoms with Crippen LogP contribution in [-0.2, 0) is 0 Å². The third-order valence-corrected chi connectivity index (χ3v) is 2.77. The minimum absolute atomic E-state index is 0.444. The van der Waals surface area contributed by atoms with Crippen molar-refractivity contribution in [2.24, 2.45) is 0 Å². The molecule has 5 heteroatoms. The highest BCUT2D eigenvalue weighted by atomic mass is 35.5. The molecule has 0 spiro atoms. The second-order valence-corrected chi connectivity index (χ2v) is 4.89. The van der Waals surface area contributed by atoms with Crippen molar-refractivity contribution in [2.45, 2.75) is 24.3 Å². The maximum Gasteiger partial charge on any atom is 0.137 e. The standard InChI is InChI=1S/C11H13Cl3O2/c1-2-5-16-9-4-3-7(6-8(9)12)10(15)11(13)14/h3-4,6,10-11,15H,2,5H2,1H3. The lowest BCUT2D eigenvalue weighted by Gasteiger charge is -2.13. The number of hydrogen-bond donors (Lipinski definition) is 1. The van der Waals surface area contributed by atoms with Gasteiger partial charge in [0.15, 0.2) is 0 Å². The number of benzene rings is 1. The van der Waals surface area contributed by atoms with Crippen LogP contribution in [0.3, 0.4) is 0 Å². The predicted molar refractivity (Wildman–Crippen MR) is 67.7 cm³/mol. The van der Waals surface area contributed by atoms with Crippen LogP contribution in [0.5, 0.6) is 5.75 Å². The summed E-state index contributed by atoms with van der Waals surface area (Å²) in [4.78, 5) is -0.876. The highest BCUT2D eigenvalue weighted by Gasteiger charge is 2.17. The van der Waals surface area contributed by atoms with Gasteiger partial charge >= 0.3 is 0 Å². The average Bonchev–Trinajstić information content (AvgIpc) is 2.26. The first-order chi connectivity index (χ1) is 7.56. The van der Waals surface area contributed by atoms with Gasteiger partial charge in [0.05, 0.1) is 11.6 Å². The Morgan fingerprint density at radius 1 is 1.38 bits per heavy atom. The van der Waals surface area contributed by atoms with Gasteiger partial charge in [-0.2, -0.15) is 0 Å². The molecular weight excluding hydrogens is 270 g/mol. The highest BCUT2D eigenvalue weighted by molar-refractivity contribution is 6.44. The molecule has 0 amide bonds. The molecule has 0 aliphatic rings. The Labute approximate surface area is 110 Å². The van der Waals surface area contributed by atoms with Gasteiger partial charge in [-0.25, -0.2) is 0 Å². The number of halogens is 3. The molecule has 0 saturated heterocycles. The highest BCUT2D eigenvalue weighted by Crippen LogP contribution is 2.31. The molecule has 1 aromatic rings. The maximum absolute atomic E-state index is 9.63. The number of hydrogen-bond acceptors (Lipinski definition) is 2. The molecule has 0 bridgehead atoms. The predicted octanol–water partition coefficient (Wildman–Crippen LogP) is 3.97. The van der Waals surface area contributed by atoms with E-state index in [0.29, 0.717) is 22.9 Å². The van der Waals surface area contributed by atoms with Crippen molar-refractivity contribution in [3.8, 4) is 5.75 Å². The molecule has 1 rings (SSSR count). The van der Waals surface area contributed by atoms with Crippen LogP contribution < -0.4 is 4.74 Å². The zero-order valence-corrected chi connectivity index (χ0v) is 11.1. The van der Waals surface area contributed by atoms with Crippen molar-refractivity contribution in [2.75, 3.05) is 6.61 Å². The van der Waals surface area contributed by atoms with Crippen molar-refractivity contribution in [1.82, 2.24) is 0 Å². The zero-order valence-electron chi connectivity index (χ0n) is 8.79. The average molecular weight is 284 g/mol. The van der Waals surface area contributed by atoms with Crippen LogP contribution in [-0.4, -0.2) is 16.5 Å². The Morgan fingerprint density at radius 3 is 2.56 bits per heavy atom. The van der Waals surface area contributed by atoms with E-state index in [2.05, 4.69) is 0 Å². The van der Waals surface area contributed by atoms with Gasteiger partial charge in [-0.1, -0.05) is 24.6 Å². The largest absolute Gasteiger partial charge is 0.492 e. The van der Waals surface area contributed by atoms with Gasteiger partial charge < -0.3 is 9.84 Å². The molecule has 0 heterocycles. The number of aliphatic hydroxyl groups is 1. The number of rotatable bonds is 5. The first-order valence-electron chi connectivity index (χ1n) is 4.94. The van der Waals surface area contributed by atoms with Crippen LogP contribution in [0.1, 0.15) is 25.0 Å². The SMILES string of the molecule is CCCOc1ccc(C(O)C(Cl)Cl)cc1Cl. The third kappa shape index (κ3) is 3.70. The summed E-state index contributed by atoms with van der Waals surface area (Å²) < 4.78 is 5.40. The second-order valence-electron chi connectivity index (χ2n) is 3.32. The van der Waals surface area contributed by atoms with E-state index in [1.165, 1.54) is 0 Å². The summed E-state index contributed by atoms with van der Waals surface area (Å²) in [7, 11) is 0. The van der Waals surface area contributed by atoms with Gasteiger partial charge in [-0.3, -0.25) is 0 Å². The molecule has 0 aliphatic heterocycles. The van der Waals surface area contributed by atoms with E-state index in [-0.39, 0.29) is 0 Å². The summed E-state index contributed by atoms with van der Waals surface area (Å²) in [6.07, 6.45) is -0.0346. The monoisotopic (exact) mass is 282 g/mol. The van der Waals surface area contributed by atoms with Gasteiger partial charge in [0, 0.05) is 0 Å². The summed E-state index contributed by atoms with van der Waals surface area (Å²) in [5.41, 5.74) is 0.573. The van der Waals surface area contributed by atoms with E-state index in [0.717, 1.165) is 6.42 Å². The van der Waals surface area contributed by atoms with E-state index in [1.54, 1.807) is 18.2 Å². The lowest BCUT2D eigenvalue weighted by molar-refractivity contribution is 0.192. The summed E-state index contributed by atoms with van der Waals surface area (Å²) in [6, 6.07) is 5.00. The van der Waals surface area contributed by atoms with Crippen LogP contribution in [0.2, 0.25) is 5.02 Å². The molecule has 2 nitrogen and oxygen atoms in total. The molecule has 0 radical (unpaired) electrons. The maximum atomic E-state index is 9.63. The minimum Gasteiger partial charge on any atom is -0.492 e. The van der Waals surface area contributed by atoms with E-state index in [4.69, 9.17) is 39.5 Å². The fraction of sp³-hybridized carbons (Fsp3) is 0.455. The zero-order chi connectivity index (χ0) is 12.1. The van der Waals surface area contributed by atoms with E-state index >= 15 is 0 Å². The molecule has 1 unspecified atom stereocenters. The van der Waals surface area contributed by atoms with Gasteiger partial charge in [0.2, 0.25) is 0 Å². The minimum atomic E-state index is -0.943. The molecule has 1 atom stereocenters. The molecule has 0 saturated carbocycles. The second kappa shape index (κ2) is 6.55. The fourth-order valence-corrected chi connectivity index (χ4v) is 1.71. The third-order valence-electron chi connectivity index (χ3n) is 2.00. The number of ether oxygens (including phenoxy) is 1. The Hall–Kier alpha value is -0.150. The van der Waals surface area contributed by atoms with E-state index < -0.39 is 10.9 Å². The summed E-state index contributed by atoms with van der Waals surface area (Å²) in [5, 5.41) is 10.1. The molecule has 0 fully saturated rings. The molecule has 16 heavy (non-hydrogen) atoms. The number of aliphatic hydroxyl groups excluding tert-OH is 1. The first kappa shape index (κ1) is 13.9. The van der Waals surface area contributed by atoms with Crippen molar-refractivity contribution in [1.29, 1.82) is 0 Å². The fourth-order valence-electron chi connectivity index (χ4n) is 1.18. The molecule has 0 aliphatic carbocycles. The van der Waals surface area contributed by atoms with Crippen molar-refractivity contribution >= 4 is 34.8 Å². The molecule has 1 N–H and O–H groups in total. The molecule has 0 aromatic heterocycles. The Morgan fingerprint density at radius 2 is 2.06 bits per heavy atom. The molecule has 1 aromatic carbocycles. The molecular formula is C11H13Cl3O2. The number of alkyl halides is 2. The van der Waals surface area contributed by atoms with E-state index in [9.17, 15) is 5.11 Å². The van der Waals surface area contributed by atoms with Gasteiger partial charge in [-0.15, -0.1) is 23.2 Å². The van der Waals surface area contributed by atoms with Crippen LogP contribution in [0, 0.1) is 0 Å². The smallest absolute Gasteiger partial charge is 0.137 e. The van der Waals surface area contributed by atoms with Crippen molar-refractivity contribution in [3.05, 3.63) is 28.8 Å². The molecule has 90 valence electrons. The van der Waals surface area contributed by atoms with Crippen LogP contribution in [0.4, 0.5) is 0 Å².